The molecule has 0 aliphatic carbocycles. The SMILES string of the molecule is CC(=O)Oc1ccc(C(=O)COC(=O)c2ccc(COc3cccc(C)c3)cc2)cc1. The zero-order valence-electron chi connectivity index (χ0n) is 17.3. The van der Waals surface area contributed by atoms with Crippen LogP contribution < -0.4 is 9.47 Å². The van der Waals surface area contributed by atoms with E-state index in [2.05, 4.69) is 0 Å². The summed E-state index contributed by atoms with van der Waals surface area (Å²) < 4.78 is 15.8. The molecule has 6 nitrogen and oxygen atoms in total. The number of Topliss-reactive ketones (excluding diaryl/α,β-unsaturated/α-hetero) is 1. The summed E-state index contributed by atoms with van der Waals surface area (Å²) in [5.41, 5.74) is 2.72. The van der Waals surface area contributed by atoms with Crippen LogP contribution in [0.3, 0.4) is 0 Å². The first-order chi connectivity index (χ1) is 14.9. The molecule has 0 unspecified atom stereocenters. The van der Waals surface area contributed by atoms with Crippen molar-refractivity contribution in [3.63, 3.8) is 0 Å². The van der Waals surface area contributed by atoms with Crippen molar-refractivity contribution >= 4 is 17.7 Å². The number of carbonyl (C=O) groups excluding carboxylic acids is 3. The van der Waals surface area contributed by atoms with Gasteiger partial charge in [-0.15, -0.1) is 0 Å². The average Bonchev–Trinajstić information content (AvgIpc) is 2.76. The van der Waals surface area contributed by atoms with Gasteiger partial charge in [0.2, 0.25) is 0 Å². The number of ketones is 1. The van der Waals surface area contributed by atoms with E-state index < -0.39 is 11.9 Å². The van der Waals surface area contributed by atoms with Gasteiger partial charge in [-0.3, -0.25) is 9.59 Å². The molecule has 3 aromatic carbocycles. The van der Waals surface area contributed by atoms with Crippen molar-refractivity contribution in [2.24, 2.45) is 0 Å². The molecular weight excluding hydrogens is 396 g/mol. The maximum atomic E-state index is 12.2. The van der Waals surface area contributed by atoms with E-state index in [0.29, 0.717) is 23.5 Å². The molecule has 0 radical (unpaired) electrons. The third kappa shape index (κ3) is 6.54. The van der Waals surface area contributed by atoms with E-state index in [0.717, 1.165) is 16.9 Å². The van der Waals surface area contributed by atoms with Gasteiger partial charge in [0.15, 0.2) is 12.4 Å². The number of benzene rings is 3. The van der Waals surface area contributed by atoms with E-state index in [1.54, 1.807) is 24.3 Å². The van der Waals surface area contributed by atoms with Crippen molar-refractivity contribution < 1.29 is 28.6 Å². The molecule has 0 saturated heterocycles. The van der Waals surface area contributed by atoms with E-state index in [1.165, 1.54) is 31.2 Å². The van der Waals surface area contributed by atoms with Crippen LogP contribution in [0.5, 0.6) is 11.5 Å². The van der Waals surface area contributed by atoms with E-state index in [1.807, 2.05) is 31.2 Å². The van der Waals surface area contributed by atoms with Gasteiger partial charge >= 0.3 is 11.9 Å². The standard InChI is InChI=1S/C25H22O6/c1-17-4-3-5-23(14-17)29-15-19-6-8-21(9-7-19)25(28)30-16-24(27)20-10-12-22(13-11-20)31-18(2)26/h3-14H,15-16H2,1-2H3. The molecule has 0 saturated carbocycles. The summed E-state index contributed by atoms with van der Waals surface area (Å²) in [6.07, 6.45) is 0. The topological polar surface area (TPSA) is 78.9 Å². The molecular formula is C25H22O6. The molecule has 6 heteroatoms. The van der Waals surface area contributed by atoms with Gasteiger partial charge in [0.05, 0.1) is 5.56 Å². The Balaban J connectivity index is 1.49. The Hall–Kier alpha value is -3.93. The predicted octanol–water partition coefficient (Wildman–Crippen LogP) is 4.54. The first-order valence-corrected chi connectivity index (χ1v) is 9.68. The Morgan fingerprint density at radius 3 is 2.13 bits per heavy atom. The Labute approximate surface area is 180 Å². The van der Waals surface area contributed by atoms with Crippen molar-refractivity contribution in [2.75, 3.05) is 6.61 Å². The third-order valence-electron chi connectivity index (χ3n) is 4.36. The molecule has 0 aliphatic heterocycles. The summed E-state index contributed by atoms with van der Waals surface area (Å²) in [5.74, 6) is -0.266. The van der Waals surface area contributed by atoms with Crippen LogP contribution in [0, 0.1) is 6.92 Å². The number of esters is 2. The lowest BCUT2D eigenvalue weighted by molar-refractivity contribution is -0.131. The van der Waals surface area contributed by atoms with Gasteiger partial charge in [0.25, 0.3) is 0 Å². The second-order valence-electron chi connectivity index (χ2n) is 6.92. The molecule has 0 spiro atoms. The maximum absolute atomic E-state index is 12.2. The number of rotatable bonds is 8. The first-order valence-electron chi connectivity index (χ1n) is 9.68. The maximum Gasteiger partial charge on any atom is 0.338 e. The van der Waals surface area contributed by atoms with E-state index in [4.69, 9.17) is 14.2 Å². The van der Waals surface area contributed by atoms with Crippen molar-refractivity contribution in [2.45, 2.75) is 20.5 Å². The van der Waals surface area contributed by atoms with Crippen LogP contribution in [0.1, 0.15) is 38.8 Å². The van der Waals surface area contributed by atoms with Crippen molar-refractivity contribution in [1.82, 2.24) is 0 Å². The smallest absolute Gasteiger partial charge is 0.338 e. The molecule has 0 aromatic heterocycles. The molecule has 3 aromatic rings. The van der Waals surface area contributed by atoms with Crippen molar-refractivity contribution in [3.05, 3.63) is 95.1 Å². The minimum atomic E-state index is -0.587. The Morgan fingerprint density at radius 2 is 1.48 bits per heavy atom. The molecule has 0 fully saturated rings. The zero-order valence-corrected chi connectivity index (χ0v) is 17.3. The quantitative estimate of drug-likeness (QED) is 0.304. The second kappa shape index (κ2) is 10.2. The predicted molar refractivity (Wildman–Crippen MR) is 114 cm³/mol. The Bertz CT molecular complexity index is 1070. The van der Waals surface area contributed by atoms with Crippen LogP contribution in [-0.2, 0) is 16.1 Å². The van der Waals surface area contributed by atoms with Gasteiger partial charge < -0.3 is 14.2 Å². The third-order valence-corrected chi connectivity index (χ3v) is 4.36. The number of ether oxygens (including phenoxy) is 3. The van der Waals surface area contributed by atoms with Crippen LogP contribution in [0.2, 0.25) is 0 Å². The molecule has 0 amide bonds. The molecule has 0 bridgehead atoms. The van der Waals surface area contributed by atoms with E-state index >= 15 is 0 Å². The van der Waals surface area contributed by atoms with Crippen LogP contribution in [0.4, 0.5) is 0 Å². The zero-order chi connectivity index (χ0) is 22.2. The van der Waals surface area contributed by atoms with Crippen molar-refractivity contribution in [3.8, 4) is 11.5 Å². The summed E-state index contributed by atoms with van der Waals surface area (Å²) >= 11 is 0. The molecule has 3 rings (SSSR count). The molecule has 0 N–H and O–H groups in total. The second-order valence-corrected chi connectivity index (χ2v) is 6.92. The Morgan fingerprint density at radius 1 is 0.806 bits per heavy atom. The summed E-state index contributed by atoms with van der Waals surface area (Å²) in [7, 11) is 0. The number of hydrogen-bond acceptors (Lipinski definition) is 6. The van der Waals surface area contributed by atoms with E-state index in [-0.39, 0.29) is 12.4 Å². The molecule has 0 aliphatic rings. The molecule has 0 atom stereocenters. The first kappa shape index (κ1) is 21.8. The fraction of sp³-hybridized carbons (Fsp3) is 0.160. The number of carbonyl (C=O) groups is 3. The minimum Gasteiger partial charge on any atom is -0.489 e. The summed E-state index contributed by atoms with van der Waals surface area (Å²) in [6, 6.07) is 20.6. The van der Waals surface area contributed by atoms with Gasteiger partial charge in [0.1, 0.15) is 18.1 Å². The number of hydrogen-bond donors (Lipinski definition) is 0. The van der Waals surface area contributed by atoms with Gasteiger partial charge in [-0.2, -0.15) is 0 Å². The summed E-state index contributed by atoms with van der Waals surface area (Å²) in [5, 5.41) is 0. The van der Waals surface area contributed by atoms with Gasteiger partial charge in [-0.05, 0) is 66.6 Å². The minimum absolute atomic E-state index is 0.340. The van der Waals surface area contributed by atoms with E-state index in [9.17, 15) is 14.4 Å². The number of aryl methyl sites for hydroxylation is 1. The fourth-order valence-electron chi connectivity index (χ4n) is 2.78. The highest BCUT2D eigenvalue weighted by Crippen LogP contribution is 2.16. The van der Waals surface area contributed by atoms with Gasteiger partial charge in [-0.1, -0.05) is 24.3 Å². The lowest BCUT2D eigenvalue weighted by Gasteiger charge is -2.08. The Kier molecular flexibility index (Phi) is 7.17. The van der Waals surface area contributed by atoms with Crippen LogP contribution in [-0.4, -0.2) is 24.3 Å². The molecule has 0 heterocycles. The van der Waals surface area contributed by atoms with Gasteiger partial charge in [0, 0.05) is 12.5 Å². The lowest BCUT2D eigenvalue weighted by atomic mass is 10.1. The normalized spacial score (nSPS) is 10.3. The summed E-state index contributed by atoms with van der Waals surface area (Å²) in [6.45, 7) is 3.28. The molecule has 31 heavy (non-hydrogen) atoms. The van der Waals surface area contributed by atoms with Crippen LogP contribution >= 0.6 is 0 Å². The van der Waals surface area contributed by atoms with Crippen LogP contribution in [0.25, 0.3) is 0 Å². The monoisotopic (exact) mass is 418 g/mol. The molecule has 158 valence electrons. The fourth-order valence-corrected chi connectivity index (χ4v) is 2.78. The highest BCUT2D eigenvalue weighted by Gasteiger charge is 2.12. The largest absolute Gasteiger partial charge is 0.489 e. The van der Waals surface area contributed by atoms with Gasteiger partial charge in [-0.25, -0.2) is 4.79 Å². The summed E-state index contributed by atoms with van der Waals surface area (Å²) in [4.78, 5) is 35.4. The van der Waals surface area contributed by atoms with Crippen LogP contribution in [0.15, 0.2) is 72.8 Å². The lowest BCUT2D eigenvalue weighted by Crippen LogP contribution is -2.14. The highest BCUT2D eigenvalue weighted by molar-refractivity contribution is 5.99. The highest BCUT2D eigenvalue weighted by atomic mass is 16.5. The van der Waals surface area contributed by atoms with Crippen molar-refractivity contribution in [1.29, 1.82) is 0 Å². The average molecular weight is 418 g/mol.